The molecule has 3 aromatic rings. The first-order valence-corrected chi connectivity index (χ1v) is 13.8. The molecule has 0 unspecified atom stereocenters. The van der Waals surface area contributed by atoms with Gasteiger partial charge in [-0.1, -0.05) is 29.8 Å². The summed E-state index contributed by atoms with van der Waals surface area (Å²) in [6.07, 6.45) is -4.67. The highest BCUT2D eigenvalue weighted by atomic mass is 32.2. The number of hydrogen-bond acceptors (Lipinski definition) is 5. The van der Waals surface area contributed by atoms with Crippen LogP contribution in [0.15, 0.2) is 82.6 Å². The number of halogens is 3. The molecule has 1 N–H and O–H groups in total. The summed E-state index contributed by atoms with van der Waals surface area (Å²) >= 11 is 0. The molecule has 0 radical (unpaired) electrons. The number of nitrogens with one attached hydrogen (secondary N) is 1. The van der Waals surface area contributed by atoms with Crippen molar-refractivity contribution in [1.29, 1.82) is 0 Å². The van der Waals surface area contributed by atoms with Crippen LogP contribution < -0.4 is 5.32 Å². The summed E-state index contributed by atoms with van der Waals surface area (Å²) in [6, 6.07) is 16.3. The van der Waals surface area contributed by atoms with Gasteiger partial charge >= 0.3 is 6.18 Å². The molecule has 3 amide bonds. The molecule has 8 nitrogen and oxygen atoms in total. The van der Waals surface area contributed by atoms with E-state index in [1.54, 1.807) is 12.1 Å². The molecule has 40 heavy (non-hydrogen) atoms. The van der Waals surface area contributed by atoms with E-state index in [2.05, 4.69) is 5.32 Å². The lowest BCUT2D eigenvalue weighted by Gasteiger charge is -2.35. The number of benzene rings is 3. The van der Waals surface area contributed by atoms with Crippen LogP contribution >= 0.6 is 0 Å². The lowest BCUT2D eigenvalue weighted by Crippen LogP contribution is -2.52. The van der Waals surface area contributed by atoms with Crippen LogP contribution in [0.2, 0.25) is 0 Å². The van der Waals surface area contributed by atoms with Crippen LogP contribution in [0.3, 0.4) is 0 Å². The second kappa shape index (κ2) is 11.5. The Balaban J connectivity index is 1.30. The van der Waals surface area contributed by atoms with Gasteiger partial charge in [0.1, 0.15) is 0 Å². The van der Waals surface area contributed by atoms with Gasteiger partial charge in [-0.05, 0) is 55.5 Å². The summed E-state index contributed by atoms with van der Waals surface area (Å²) in [7, 11) is -3.75. The molecule has 0 bridgehead atoms. The quantitative estimate of drug-likeness (QED) is 0.486. The van der Waals surface area contributed by atoms with Gasteiger partial charge in [0, 0.05) is 31.7 Å². The number of piperazine rings is 1. The van der Waals surface area contributed by atoms with Crippen LogP contribution in [0.4, 0.5) is 13.2 Å². The average Bonchev–Trinajstić information content (AvgIpc) is 2.95. The van der Waals surface area contributed by atoms with Crippen molar-refractivity contribution in [1.82, 2.24) is 15.1 Å². The van der Waals surface area contributed by atoms with Gasteiger partial charge < -0.3 is 15.1 Å². The zero-order chi connectivity index (χ0) is 29.1. The Morgan fingerprint density at radius 1 is 0.800 bits per heavy atom. The first-order chi connectivity index (χ1) is 18.9. The molecule has 3 aromatic carbocycles. The molecule has 0 aromatic heterocycles. The lowest BCUT2D eigenvalue weighted by atomic mass is 10.1. The van der Waals surface area contributed by atoms with Gasteiger partial charge in [-0.15, -0.1) is 0 Å². The fourth-order valence-electron chi connectivity index (χ4n) is 4.25. The number of alkyl halides is 3. The monoisotopic (exact) mass is 573 g/mol. The van der Waals surface area contributed by atoms with Gasteiger partial charge in [-0.25, -0.2) is 8.42 Å². The molecule has 12 heteroatoms. The number of nitrogens with zero attached hydrogens (tertiary/aromatic N) is 2. The molecule has 0 atom stereocenters. The predicted molar refractivity (Wildman–Crippen MR) is 139 cm³/mol. The lowest BCUT2D eigenvalue weighted by molar-refractivity contribution is -0.138. The Morgan fingerprint density at radius 3 is 1.90 bits per heavy atom. The Morgan fingerprint density at radius 2 is 1.32 bits per heavy atom. The van der Waals surface area contributed by atoms with Crippen LogP contribution in [-0.2, 0) is 20.8 Å². The first-order valence-electron chi connectivity index (χ1n) is 12.3. The van der Waals surface area contributed by atoms with Crippen LogP contribution in [0, 0.1) is 6.92 Å². The number of carbonyl (C=O) groups is 3. The summed E-state index contributed by atoms with van der Waals surface area (Å²) in [6.45, 7) is 1.79. The predicted octanol–water partition coefficient (Wildman–Crippen LogP) is 3.56. The van der Waals surface area contributed by atoms with E-state index in [1.807, 2.05) is 6.92 Å². The van der Waals surface area contributed by atoms with E-state index in [4.69, 9.17) is 0 Å². The molecular weight excluding hydrogens is 547 g/mol. The minimum atomic E-state index is -4.67. The molecule has 0 spiro atoms. The topological polar surface area (TPSA) is 104 Å². The van der Waals surface area contributed by atoms with Crippen molar-refractivity contribution in [2.45, 2.75) is 22.9 Å². The van der Waals surface area contributed by atoms with E-state index >= 15 is 0 Å². The summed E-state index contributed by atoms with van der Waals surface area (Å²) in [5.41, 5.74) is -0.376. The number of sulfone groups is 1. The Kier molecular flexibility index (Phi) is 8.29. The standard InChI is InChI=1S/C28H26F3N3O5S/c1-19-6-10-21(11-7-19)40(38,39)22-12-8-20(9-13-22)26(36)32-18-25(35)33-14-16-34(17-15-33)27(37)23-4-2-3-5-24(23)28(29,30)31/h2-13H,14-18H2,1H3,(H,32,36). The Bertz CT molecular complexity index is 1510. The van der Waals surface area contributed by atoms with Crippen molar-refractivity contribution in [2.75, 3.05) is 32.7 Å². The number of amides is 3. The van der Waals surface area contributed by atoms with E-state index < -0.39 is 44.9 Å². The van der Waals surface area contributed by atoms with Gasteiger partial charge in [0.15, 0.2) is 0 Å². The molecule has 1 aliphatic rings. The summed E-state index contributed by atoms with van der Waals surface area (Å²) < 4.78 is 65.5. The first kappa shape index (κ1) is 28.8. The minimum absolute atomic E-state index is 0.0225. The van der Waals surface area contributed by atoms with E-state index in [1.165, 1.54) is 58.3 Å². The van der Waals surface area contributed by atoms with Crippen molar-refractivity contribution in [3.8, 4) is 0 Å². The third-order valence-electron chi connectivity index (χ3n) is 6.54. The molecule has 4 rings (SSSR count). The van der Waals surface area contributed by atoms with Gasteiger partial charge in [0.25, 0.3) is 11.8 Å². The largest absolute Gasteiger partial charge is 0.417 e. The summed E-state index contributed by atoms with van der Waals surface area (Å²) in [5, 5.41) is 2.49. The van der Waals surface area contributed by atoms with Crippen molar-refractivity contribution in [3.63, 3.8) is 0 Å². The highest BCUT2D eigenvalue weighted by Gasteiger charge is 2.36. The number of rotatable bonds is 6. The maximum atomic E-state index is 13.3. The van der Waals surface area contributed by atoms with E-state index in [-0.39, 0.29) is 48.1 Å². The SMILES string of the molecule is Cc1ccc(S(=O)(=O)c2ccc(C(=O)NCC(=O)N3CCN(C(=O)c4ccccc4C(F)(F)F)CC3)cc2)cc1. The van der Waals surface area contributed by atoms with Crippen molar-refractivity contribution in [3.05, 3.63) is 95.1 Å². The van der Waals surface area contributed by atoms with Gasteiger partial charge in [-0.3, -0.25) is 14.4 Å². The zero-order valence-corrected chi connectivity index (χ0v) is 22.3. The average molecular weight is 574 g/mol. The summed E-state index contributed by atoms with van der Waals surface area (Å²) in [5.74, 6) is -1.76. The fourth-order valence-corrected chi connectivity index (χ4v) is 5.52. The van der Waals surface area contributed by atoms with Crippen LogP contribution in [-0.4, -0.2) is 68.7 Å². The molecule has 0 saturated carbocycles. The van der Waals surface area contributed by atoms with Crippen LogP contribution in [0.25, 0.3) is 0 Å². The minimum Gasteiger partial charge on any atom is -0.343 e. The zero-order valence-electron chi connectivity index (χ0n) is 21.4. The molecule has 1 fully saturated rings. The third-order valence-corrected chi connectivity index (χ3v) is 8.33. The third kappa shape index (κ3) is 6.33. The Labute approximate surface area is 229 Å². The van der Waals surface area contributed by atoms with Gasteiger partial charge in [0.2, 0.25) is 15.7 Å². The van der Waals surface area contributed by atoms with Crippen molar-refractivity contribution in [2.24, 2.45) is 0 Å². The molecule has 210 valence electrons. The normalized spacial score (nSPS) is 14.1. The number of carbonyl (C=O) groups excluding carboxylic acids is 3. The molecule has 0 aliphatic carbocycles. The molecule has 1 aliphatic heterocycles. The molecule has 1 heterocycles. The van der Waals surface area contributed by atoms with Crippen molar-refractivity contribution >= 4 is 27.6 Å². The van der Waals surface area contributed by atoms with E-state index in [0.717, 1.165) is 17.7 Å². The van der Waals surface area contributed by atoms with E-state index in [0.29, 0.717) is 0 Å². The molecular formula is C28H26F3N3O5S. The maximum Gasteiger partial charge on any atom is 0.417 e. The molecule has 1 saturated heterocycles. The Hall–Kier alpha value is -4.19. The summed E-state index contributed by atoms with van der Waals surface area (Å²) in [4.78, 5) is 40.7. The highest BCUT2D eigenvalue weighted by Crippen LogP contribution is 2.32. The van der Waals surface area contributed by atoms with Crippen LogP contribution in [0.1, 0.15) is 31.8 Å². The second-order valence-corrected chi connectivity index (χ2v) is 11.2. The highest BCUT2D eigenvalue weighted by molar-refractivity contribution is 7.91. The fraction of sp³-hybridized carbons (Fsp3) is 0.250. The maximum absolute atomic E-state index is 13.3. The van der Waals surface area contributed by atoms with Crippen molar-refractivity contribution < 1.29 is 36.0 Å². The smallest absolute Gasteiger partial charge is 0.343 e. The van der Waals surface area contributed by atoms with E-state index in [9.17, 15) is 36.0 Å². The van der Waals surface area contributed by atoms with Crippen LogP contribution in [0.5, 0.6) is 0 Å². The van der Waals surface area contributed by atoms with Gasteiger partial charge in [-0.2, -0.15) is 13.2 Å². The number of hydrogen-bond donors (Lipinski definition) is 1. The second-order valence-electron chi connectivity index (χ2n) is 9.24. The number of aryl methyl sites for hydroxylation is 1. The van der Waals surface area contributed by atoms with Gasteiger partial charge in [0.05, 0.1) is 27.5 Å².